The molecule has 3 rings (SSSR count). The molecule has 1 N–H and O–H groups in total. The average Bonchev–Trinajstić information content (AvgIpc) is 2.73. The number of carbonyl (C=O) groups excluding carboxylic acids is 1. The summed E-state index contributed by atoms with van der Waals surface area (Å²) in [6, 6.07) is 3.29. The third-order valence-corrected chi connectivity index (χ3v) is 3.41. The van der Waals surface area contributed by atoms with Crippen LogP contribution in [0, 0.1) is 6.92 Å². The molecule has 2 aromatic rings. The first-order valence-electron chi connectivity index (χ1n) is 6.82. The molecule has 7 heteroatoms. The predicted molar refractivity (Wildman–Crippen MR) is 81.8 cm³/mol. The number of nitrogens with one attached hydrogen (secondary N) is 1. The number of aryl methyl sites for hydroxylation is 1. The van der Waals surface area contributed by atoms with Crippen LogP contribution in [0.5, 0.6) is 11.5 Å². The number of fused-ring (bicyclic) bond motifs is 1. The monoisotopic (exact) mass is 319 g/mol. The summed E-state index contributed by atoms with van der Waals surface area (Å²) in [4.78, 5) is 20.2. The van der Waals surface area contributed by atoms with Crippen molar-refractivity contribution in [1.82, 2.24) is 9.97 Å². The van der Waals surface area contributed by atoms with Gasteiger partial charge in [-0.3, -0.25) is 9.78 Å². The first kappa shape index (κ1) is 14.6. The SMILES string of the molecule is Cc1cnc(C(=O)Nc2cc3c(cc2Cl)OCCCO3)cn1. The van der Waals surface area contributed by atoms with Gasteiger partial charge in [0.1, 0.15) is 5.69 Å². The van der Waals surface area contributed by atoms with Gasteiger partial charge in [-0.2, -0.15) is 0 Å². The lowest BCUT2D eigenvalue weighted by molar-refractivity contribution is 0.102. The predicted octanol–water partition coefficient (Wildman–Crippen LogP) is 2.85. The molecule has 1 aromatic heterocycles. The molecule has 22 heavy (non-hydrogen) atoms. The quantitative estimate of drug-likeness (QED) is 0.921. The van der Waals surface area contributed by atoms with Gasteiger partial charge in [-0.15, -0.1) is 0 Å². The lowest BCUT2D eigenvalue weighted by Crippen LogP contribution is -2.14. The maximum atomic E-state index is 12.2. The number of amides is 1. The highest BCUT2D eigenvalue weighted by molar-refractivity contribution is 6.34. The number of nitrogens with zero attached hydrogens (tertiary/aromatic N) is 2. The summed E-state index contributed by atoms with van der Waals surface area (Å²) in [5.74, 6) is 0.756. The molecule has 114 valence electrons. The first-order chi connectivity index (χ1) is 10.6. The fourth-order valence-electron chi connectivity index (χ4n) is 1.98. The molecule has 1 aliphatic heterocycles. The lowest BCUT2D eigenvalue weighted by atomic mass is 10.2. The van der Waals surface area contributed by atoms with Gasteiger partial charge in [0.05, 0.1) is 35.8 Å². The standard InChI is InChI=1S/C15H14ClN3O3/c1-9-7-18-12(8-17-9)15(20)19-11-6-14-13(5-10(11)16)21-3-2-4-22-14/h5-8H,2-4H2,1H3,(H,19,20). The van der Waals surface area contributed by atoms with Gasteiger partial charge in [0.25, 0.3) is 5.91 Å². The number of carbonyl (C=O) groups is 1. The molecular weight excluding hydrogens is 306 g/mol. The third-order valence-electron chi connectivity index (χ3n) is 3.10. The van der Waals surface area contributed by atoms with Crippen molar-refractivity contribution >= 4 is 23.2 Å². The highest BCUT2D eigenvalue weighted by Crippen LogP contribution is 2.37. The Balaban J connectivity index is 1.84. The fraction of sp³-hybridized carbons (Fsp3) is 0.267. The minimum Gasteiger partial charge on any atom is -0.490 e. The van der Waals surface area contributed by atoms with E-state index in [9.17, 15) is 4.79 Å². The summed E-state index contributed by atoms with van der Waals surface area (Å²) in [6.07, 6.45) is 3.75. The normalized spacial score (nSPS) is 13.4. The number of hydrogen-bond acceptors (Lipinski definition) is 5. The highest BCUT2D eigenvalue weighted by atomic mass is 35.5. The topological polar surface area (TPSA) is 73.3 Å². The fourth-order valence-corrected chi connectivity index (χ4v) is 2.18. The zero-order chi connectivity index (χ0) is 15.5. The Bertz CT molecular complexity index is 704. The van der Waals surface area contributed by atoms with Crippen LogP contribution < -0.4 is 14.8 Å². The molecule has 0 saturated heterocycles. The molecule has 0 aliphatic carbocycles. The van der Waals surface area contributed by atoms with E-state index in [1.807, 2.05) is 0 Å². The number of hydrogen-bond donors (Lipinski definition) is 1. The molecule has 0 atom stereocenters. The van der Waals surface area contributed by atoms with Crippen molar-refractivity contribution in [2.24, 2.45) is 0 Å². The molecule has 1 amide bonds. The summed E-state index contributed by atoms with van der Waals surface area (Å²) in [7, 11) is 0. The van der Waals surface area contributed by atoms with Gasteiger partial charge in [0, 0.05) is 24.8 Å². The highest BCUT2D eigenvalue weighted by Gasteiger charge is 2.16. The zero-order valence-corrected chi connectivity index (χ0v) is 12.7. The Hall–Kier alpha value is -2.34. The van der Waals surface area contributed by atoms with Crippen molar-refractivity contribution in [2.45, 2.75) is 13.3 Å². The van der Waals surface area contributed by atoms with E-state index in [-0.39, 0.29) is 11.6 Å². The Kier molecular flexibility index (Phi) is 4.11. The second kappa shape index (κ2) is 6.19. The first-order valence-corrected chi connectivity index (χ1v) is 7.20. The van der Waals surface area contributed by atoms with Crippen LogP contribution >= 0.6 is 11.6 Å². The molecule has 0 fully saturated rings. The van der Waals surface area contributed by atoms with Crippen molar-refractivity contribution in [3.63, 3.8) is 0 Å². The Morgan fingerprint density at radius 1 is 1.18 bits per heavy atom. The van der Waals surface area contributed by atoms with Crippen LogP contribution in [0.3, 0.4) is 0 Å². The van der Waals surface area contributed by atoms with Crippen molar-refractivity contribution in [2.75, 3.05) is 18.5 Å². The van der Waals surface area contributed by atoms with E-state index in [1.165, 1.54) is 12.4 Å². The number of anilines is 1. The van der Waals surface area contributed by atoms with Crippen LogP contribution in [-0.2, 0) is 0 Å². The number of aromatic nitrogens is 2. The van der Waals surface area contributed by atoms with E-state index in [1.54, 1.807) is 19.1 Å². The van der Waals surface area contributed by atoms with Gasteiger partial charge in [-0.25, -0.2) is 4.98 Å². The van der Waals surface area contributed by atoms with Gasteiger partial charge < -0.3 is 14.8 Å². The largest absolute Gasteiger partial charge is 0.490 e. The summed E-state index contributed by atoms with van der Waals surface area (Å²) in [5.41, 5.74) is 1.40. The van der Waals surface area contributed by atoms with Gasteiger partial charge in [-0.1, -0.05) is 11.6 Å². The van der Waals surface area contributed by atoms with Gasteiger partial charge >= 0.3 is 0 Å². The number of rotatable bonds is 2. The van der Waals surface area contributed by atoms with Crippen LogP contribution in [-0.4, -0.2) is 29.1 Å². The number of ether oxygens (including phenoxy) is 2. The van der Waals surface area contributed by atoms with E-state index in [4.69, 9.17) is 21.1 Å². The maximum Gasteiger partial charge on any atom is 0.275 e. The van der Waals surface area contributed by atoms with E-state index in [0.717, 1.165) is 12.1 Å². The molecule has 0 radical (unpaired) electrons. The van der Waals surface area contributed by atoms with Crippen molar-refractivity contribution < 1.29 is 14.3 Å². The second-order valence-electron chi connectivity index (χ2n) is 4.83. The van der Waals surface area contributed by atoms with Crippen LogP contribution in [0.2, 0.25) is 5.02 Å². The van der Waals surface area contributed by atoms with E-state index in [2.05, 4.69) is 15.3 Å². The van der Waals surface area contributed by atoms with Crippen LogP contribution in [0.4, 0.5) is 5.69 Å². The van der Waals surface area contributed by atoms with Crippen molar-refractivity contribution in [3.8, 4) is 11.5 Å². The third kappa shape index (κ3) is 3.12. The smallest absolute Gasteiger partial charge is 0.275 e. The molecule has 1 aliphatic rings. The molecular formula is C15H14ClN3O3. The summed E-state index contributed by atoms with van der Waals surface area (Å²) >= 11 is 6.18. The minimum atomic E-state index is -0.385. The molecule has 0 bridgehead atoms. The molecule has 0 saturated carbocycles. The number of halogens is 1. The van der Waals surface area contributed by atoms with Crippen molar-refractivity contribution in [3.05, 3.63) is 40.9 Å². The van der Waals surface area contributed by atoms with Gasteiger partial charge in [0.2, 0.25) is 0 Å². The molecule has 1 aromatic carbocycles. The van der Waals surface area contributed by atoms with Crippen LogP contribution in [0.1, 0.15) is 22.6 Å². The minimum absolute atomic E-state index is 0.216. The van der Waals surface area contributed by atoms with Crippen LogP contribution in [0.25, 0.3) is 0 Å². The summed E-state index contributed by atoms with van der Waals surface area (Å²) < 4.78 is 11.1. The Morgan fingerprint density at radius 3 is 2.59 bits per heavy atom. The summed E-state index contributed by atoms with van der Waals surface area (Å²) in [5, 5.41) is 3.08. The lowest BCUT2D eigenvalue weighted by Gasteiger charge is -2.12. The molecule has 2 heterocycles. The second-order valence-corrected chi connectivity index (χ2v) is 5.23. The molecule has 0 spiro atoms. The van der Waals surface area contributed by atoms with Gasteiger partial charge in [-0.05, 0) is 6.92 Å². The van der Waals surface area contributed by atoms with Gasteiger partial charge in [0.15, 0.2) is 11.5 Å². The zero-order valence-electron chi connectivity index (χ0n) is 11.9. The Labute approximate surface area is 132 Å². The van der Waals surface area contributed by atoms with E-state index >= 15 is 0 Å². The average molecular weight is 320 g/mol. The van der Waals surface area contributed by atoms with E-state index in [0.29, 0.717) is 35.4 Å². The summed E-state index contributed by atoms with van der Waals surface area (Å²) in [6.45, 7) is 2.94. The Morgan fingerprint density at radius 2 is 1.91 bits per heavy atom. The van der Waals surface area contributed by atoms with Crippen LogP contribution in [0.15, 0.2) is 24.5 Å². The number of benzene rings is 1. The molecule has 6 nitrogen and oxygen atoms in total. The maximum absolute atomic E-state index is 12.2. The molecule has 0 unspecified atom stereocenters. The van der Waals surface area contributed by atoms with E-state index < -0.39 is 0 Å². The van der Waals surface area contributed by atoms with Crippen molar-refractivity contribution in [1.29, 1.82) is 0 Å².